The molecule has 1 aliphatic heterocycles. The average molecular weight is 209 g/mol. The van der Waals surface area contributed by atoms with E-state index < -0.39 is 0 Å². The van der Waals surface area contributed by atoms with E-state index in [0.717, 1.165) is 5.92 Å². The fourth-order valence-electron chi connectivity index (χ4n) is 2.99. The van der Waals surface area contributed by atoms with Gasteiger partial charge in [-0.1, -0.05) is 25.5 Å². The fraction of sp³-hybridized carbons (Fsp3) is 0.857. The van der Waals surface area contributed by atoms with Crippen LogP contribution in [0, 0.1) is 5.92 Å². The summed E-state index contributed by atoms with van der Waals surface area (Å²) in [6.07, 6.45) is 9.81. The van der Waals surface area contributed by atoms with E-state index in [1.54, 1.807) is 0 Å². The summed E-state index contributed by atoms with van der Waals surface area (Å²) in [7, 11) is 0. The second-order valence-electron chi connectivity index (χ2n) is 6.28. The number of unbranched alkanes of at least 4 members (excludes halogenated alkanes) is 1. The molecule has 0 aliphatic carbocycles. The zero-order valence-electron chi connectivity index (χ0n) is 11.1. The van der Waals surface area contributed by atoms with Crippen molar-refractivity contribution in [1.29, 1.82) is 0 Å². The quantitative estimate of drug-likeness (QED) is 0.695. The first kappa shape index (κ1) is 12.8. The lowest BCUT2D eigenvalue weighted by Crippen LogP contribution is -2.57. The van der Waals surface area contributed by atoms with Crippen LogP contribution >= 0.6 is 0 Å². The highest BCUT2D eigenvalue weighted by Crippen LogP contribution is 2.33. The molecule has 1 heterocycles. The zero-order valence-corrected chi connectivity index (χ0v) is 11.1. The summed E-state index contributed by atoms with van der Waals surface area (Å²) in [5.74, 6) is 0.753. The molecule has 0 atom stereocenters. The van der Waals surface area contributed by atoms with Crippen molar-refractivity contribution in [3.8, 4) is 0 Å². The molecule has 1 nitrogen and oxygen atoms in total. The van der Waals surface area contributed by atoms with Crippen LogP contribution in [0.2, 0.25) is 0 Å². The molecular formula is C14H27N. The van der Waals surface area contributed by atoms with Crippen LogP contribution in [0.25, 0.3) is 0 Å². The maximum absolute atomic E-state index is 3.72. The molecule has 0 aromatic rings. The fourth-order valence-corrected chi connectivity index (χ4v) is 2.99. The van der Waals surface area contributed by atoms with E-state index in [1.165, 1.54) is 25.7 Å². The van der Waals surface area contributed by atoms with Gasteiger partial charge in [-0.15, -0.1) is 0 Å². The van der Waals surface area contributed by atoms with Gasteiger partial charge in [0.05, 0.1) is 0 Å². The second-order valence-corrected chi connectivity index (χ2v) is 6.28. The van der Waals surface area contributed by atoms with Crippen molar-refractivity contribution in [2.45, 2.75) is 71.4 Å². The molecule has 0 aromatic heterocycles. The van der Waals surface area contributed by atoms with Crippen molar-refractivity contribution in [2.24, 2.45) is 5.92 Å². The molecular weight excluding hydrogens is 182 g/mol. The Bertz CT molecular complexity index is 209. The third-order valence-corrected chi connectivity index (χ3v) is 3.09. The van der Waals surface area contributed by atoms with Gasteiger partial charge < -0.3 is 5.32 Å². The van der Waals surface area contributed by atoms with Gasteiger partial charge in [-0.2, -0.15) is 0 Å². The molecule has 0 bridgehead atoms. The Hall–Kier alpha value is -0.300. The predicted molar refractivity (Wildman–Crippen MR) is 68.1 cm³/mol. The summed E-state index contributed by atoms with van der Waals surface area (Å²) >= 11 is 0. The van der Waals surface area contributed by atoms with Crippen molar-refractivity contribution in [2.75, 3.05) is 0 Å². The van der Waals surface area contributed by atoms with E-state index in [9.17, 15) is 0 Å². The molecule has 0 saturated carbocycles. The SMILES string of the molecule is CCC/C=C/C1CC(C)(C)NC(C)(C)C1. The second kappa shape index (κ2) is 4.69. The van der Waals surface area contributed by atoms with E-state index in [2.05, 4.69) is 52.1 Å². The van der Waals surface area contributed by atoms with Crippen molar-refractivity contribution in [3.05, 3.63) is 12.2 Å². The Morgan fingerprint density at radius 1 is 1.13 bits per heavy atom. The number of hydrogen-bond acceptors (Lipinski definition) is 1. The summed E-state index contributed by atoms with van der Waals surface area (Å²) in [6.45, 7) is 11.5. The highest BCUT2D eigenvalue weighted by atomic mass is 15.0. The minimum absolute atomic E-state index is 0.281. The normalized spacial score (nSPS) is 25.9. The summed E-state index contributed by atoms with van der Waals surface area (Å²) in [5.41, 5.74) is 0.561. The third kappa shape index (κ3) is 4.38. The summed E-state index contributed by atoms with van der Waals surface area (Å²) in [6, 6.07) is 0. The lowest BCUT2D eigenvalue weighted by molar-refractivity contribution is 0.150. The maximum Gasteiger partial charge on any atom is 0.0135 e. The van der Waals surface area contributed by atoms with E-state index >= 15 is 0 Å². The molecule has 1 fully saturated rings. The molecule has 0 unspecified atom stereocenters. The standard InChI is InChI=1S/C14H27N/c1-6-7-8-9-12-10-13(2,3)15-14(4,5)11-12/h8-9,12,15H,6-7,10-11H2,1-5H3/b9-8+. The molecule has 15 heavy (non-hydrogen) atoms. The van der Waals surface area contributed by atoms with Gasteiger partial charge in [-0.05, 0) is 52.9 Å². The maximum atomic E-state index is 3.72. The first-order valence-corrected chi connectivity index (χ1v) is 6.31. The van der Waals surface area contributed by atoms with Crippen LogP contribution in [0.1, 0.15) is 60.3 Å². The van der Waals surface area contributed by atoms with E-state index in [1.807, 2.05) is 0 Å². The molecule has 1 saturated heterocycles. The topological polar surface area (TPSA) is 12.0 Å². The minimum atomic E-state index is 0.281. The van der Waals surface area contributed by atoms with Gasteiger partial charge in [0.25, 0.3) is 0 Å². The Morgan fingerprint density at radius 3 is 2.13 bits per heavy atom. The smallest absolute Gasteiger partial charge is 0.0135 e. The monoisotopic (exact) mass is 209 g/mol. The van der Waals surface area contributed by atoms with Gasteiger partial charge in [0.2, 0.25) is 0 Å². The molecule has 1 rings (SSSR count). The number of hydrogen-bond donors (Lipinski definition) is 1. The number of allylic oxidation sites excluding steroid dienone is 2. The largest absolute Gasteiger partial charge is 0.307 e. The van der Waals surface area contributed by atoms with Crippen molar-refractivity contribution < 1.29 is 0 Å². The first-order valence-electron chi connectivity index (χ1n) is 6.31. The number of piperidine rings is 1. The molecule has 0 aromatic carbocycles. The summed E-state index contributed by atoms with van der Waals surface area (Å²) < 4.78 is 0. The van der Waals surface area contributed by atoms with Crippen molar-refractivity contribution in [1.82, 2.24) is 5.32 Å². The minimum Gasteiger partial charge on any atom is -0.307 e. The molecule has 0 spiro atoms. The van der Waals surface area contributed by atoms with Crippen LogP contribution in [0.5, 0.6) is 0 Å². The van der Waals surface area contributed by atoms with Crippen LogP contribution in [0.4, 0.5) is 0 Å². The Kier molecular flexibility index (Phi) is 3.99. The van der Waals surface area contributed by atoms with Crippen LogP contribution in [-0.4, -0.2) is 11.1 Å². The van der Waals surface area contributed by atoms with Crippen molar-refractivity contribution >= 4 is 0 Å². The Labute approximate surface area is 95.3 Å². The van der Waals surface area contributed by atoms with Gasteiger partial charge >= 0.3 is 0 Å². The lowest BCUT2D eigenvalue weighted by atomic mass is 9.76. The zero-order chi connectivity index (χ0) is 11.5. The van der Waals surface area contributed by atoms with E-state index in [-0.39, 0.29) is 11.1 Å². The lowest BCUT2D eigenvalue weighted by Gasteiger charge is -2.46. The van der Waals surface area contributed by atoms with Crippen LogP contribution in [0.3, 0.4) is 0 Å². The molecule has 1 heteroatoms. The summed E-state index contributed by atoms with van der Waals surface area (Å²) in [4.78, 5) is 0. The van der Waals surface area contributed by atoms with Gasteiger partial charge in [0, 0.05) is 11.1 Å². The third-order valence-electron chi connectivity index (χ3n) is 3.09. The highest BCUT2D eigenvalue weighted by molar-refractivity contribution is 5.03. The molecule has 1 N–H and O–H groups in total. The average Bonchev–Trinajstić information content (AvgIpc) is 1.98. The highest BCUT2D eigenvalue weighted by Gasteiger charge is 2.36. The Morgan fingerprint density at radius 2 is 1.67 bits per heavy atom. The van der Waals surface area contributed by atoms with Crippen LogP contribution < -0.4 is 5.32 Å². The van der Waals surface area contributed by atoms with E-state index in [0.29, 0.717) is 0 Å². The number of rotatable bonds is 3. The molecule has 88 valence electrons. The molecule has 0 radical (unpaired) electrons. The molecule has 0 amide bonds. The van der Waals surface area contributed by atoms with Gasteiger partial charge in [0.1, 0.15) is 0 Å². The van der Waals surface area contributed by atoms with E-state index in [4.69, 9.17) is 0 Å². The first-order chi connectivity index (χ1) is 6.85. The van der Waals surface area contributed by atoms with Crippen LogP contribution in [-0.2, 0) is 0 Å². The summed E-state index contributed by atoms with van der Waals surface area (Å²) in [5, 5.41) is 3.72. The predicted octanol–water partition coefficient (Wildman–Crippen LogP) is 3.90. The van der Waals surface area contributed by atoms with Gasteiger partial charge in [-0.25, -0.2) is 0 Å². The van der Waals surface area contributed by atoms with Crippen LogP contribution in [0.15, 0.2) is 12.2 Å². The number of nitrogens with one attached hydrogen (secondary N) is 1. The van der Waals surface area contributed by atoms with Crippen molar-refractivity contribution in [3.63, 3.8) is 0 Å². The Balaban J connectivity index is 2.59. The van der Waals surface area contributed by atoms with Gasteiger partial charge in [0.15, 0.2) is 0 Å². The van der Waals surface area contributed by atoms with Gasteiger partial charge in [-0.3, -0.25) is 0 Å². The molecule has 1 aliphatic rings.